The minimum absolute atomic E-state index is 0.0980. The molecule has 0 aliphatic carbocycles. The van der Waals surface area contributed by atoms with Gasteiger partial charge in [-0.2, -0.15) is 0 Å². The maximum absolute atomic E-state index is 12.6. The Bertz CT molecular complexity index is 871. The maximum atomic E-state index is 12.6. The van der Waals surface area contributed by atoms with Gasteiger partial charge in [-0.1, -0.05) is 11.6 Å². The largest absolute Gasteiger partial charge is 0.507 e. The van der Waals surface area contributed by atoms with Gasteiger partial charge in [-0.05, 0) is 39.2 Å². The summed E-state index contributed by atoms with van der Waals surface area (Å²) in [6.07, 6.45) is 2.82. The Hall–Kier alpha value is -2.58. The highest BCUT2D eigenvalue weighted by Gasteiger charge is 2.32. The van der Waals surface area contributed by atoms with Crippen LogP contribution in [0.5, 0.6) is 11.5 Å². The fraction of sp³-hybridized carbons (Fsp3) is 0.565. The number of esters is 2. The summed E-state index contributed by atoms with van der Waals surface area (Å²) in [6, 6.07) is -0.382. The lowest BCUT2D eigenvalue weighted by atomic mass is 9.94. The van der Waals surface area contributed by atoms with Crippen molar-refractivity contribution in [3.8, 4) is 11.5 Å². The van der Waals surface area contributed by atoms with Crippen LogP contribution >= 0.6 is 0 Å². The third-order valence-electron chi connectivity index (χ3n) is 5.86. The molecule has 0 saturated carbocycles. The Morgan fingerprint density at radius 1 is 1.32 bits per heavy atom. The highest BCUT2D eigenvalue weighted by molar-refractivity contribution is 5.98. The number of fused-ring (bicyclic) bond motifs is 1. The van der Waals surface area contributed by atoms with E-state index in [1.54, 1.807) is 14.0 Å². The minimum Gasteiger partial charge on any atom is -0.507 e. The van der Waals surface area contributed by atoms with Gasteiger partial charge in [0.25, 0.3) is 0 Å². The number of cyclic esters (lactones) is 1. The molecule has 8 nitrogen and oxygen atoms in total. The van der Waals surface area contributed by atoms with Gasteiger partial charge in [0, 0.05) is 24.2 Å². The van der Waals surface area contributed by atoms with Crippen LogP contribution in [0.3, 0.4) is 0 Å². The summed E-state index contributed by atoms with van der Waals surface area (Å²) in [5.74, 6) is -0.309. The number of phenolic OH excluding ortho intramolecular Hbond substituents is 1. The Morgan fingerprint density at radius 3 is 2.68 bits per heavy atom. The molecule has 170 valence electrons. The van der Waals surface area contributed by atoms with Crippen LogP contribution in [0.1, 0.15) is 47.3 Å². The smallest absolute Gasteiger partial charge is 0.342 e. The first kappa shape index (κ1) is 23.1. The van der Waals surface area contributed by atoms with Gasteiger partial charge in [-0.25, -0.2) is 4.79 Å². The van der Waals surface area contributed by atoms with Crippen molar-refractivity contribution in [3.05, 3.63) is 33.9 Å². The molecule has 2 heterocycles. The first-order valence-electron chi connectivity index (χ1n) is 10.6. The van der Waals surface area contributed by atoms with Crippen molar-refractivity contribution in [2.75, 3.05) is 40.0 Å². The highest BCUT2D eigenvalue weighted by atomic mass is 16.5. The lowest BCUT2D eigenvalue weighted by molar-refractivity contribution is -0.151. The summed E-state index contributed by atoms with van der Waals surface area (Å²) in [7, 11) is 1.54. The van der Waals surface area contributed by atoms with E-state index in [9.17, 15) is 14.7 Å². The summed E-state index contributed by atoms with van der Waals surface area (Å²) >= 11 is 0. The average Bonchev–Trinajstić information content (AvgIpc) is 3.16. The van der Waals surface area contributed by atoms with Gasteiger partial charge in [0.2, 0.25) is 0 Å². The number of hydrogen-bond acceptors (Lipinski definition) is 8. The Labute approximate surface area is 182 Å². The van der Waals surface area contributed by atoms with E-state index in [0.29, 0.717) is 62.6 Å². The molecule has 31 heavy (non-hydrogen) atoms. The first-order chi connectivity index (χ1) is 14.9. The average molecular weight is 434 g/mol. The fourth-order valence-corrected chi connectivity index (χ4v) is 4.18. The molecule has 1 fully saturated rings. The summed E-state index contributed by atoms with van der Waals surface area (Å²) in [5, 5.41) is 10.8. The van der Waals surface area contributed by atoms with Crippen molar-refractivity contribution in [3.63, 3.8) is 0 Å². The van der Waals surface area contributed by atoms with Gasteiger partial charge in [0.15, 0.2) is 0 Å². The van der Waals surface area contributed by atoms with Gasteiger partial charge in [-0.15, -0.1) is 0 Å². The Kier molecular flexibility index (Phi) is 7.56. The number of phenols is 1. The Balaban J connectivity index is 1.83. The van der Waals surface area contributed by atoms with Crippen molar-refractivity contribution in [1.29, 1.82) is 0 Å². The molecule has 0 bridgehead atoms. The van der Waals surface area contributed by atoms with Gasteiger partial charge >= 0.3 is 11.9 Å². The van der Waals surface area contributed by atoms with Crippen LogP contribution in [0.4, 0.5) is 0 Å². The SMILES string of the molecule is CCOC(=O)C(C/C(C)=C/Cc1c(O)c2c(c(C)c1OC)COC2=O)N1CCOCC1. The van der Waals surface area contributed by atoms with E-state index in [1.807, 2.05) is 19.9 Å². The highest BCUT2D eigenvalue weighted by Crippen LogP contribution is 2.42. The van der Waals surface area contributed by atoms with Crippen LogP contribution in [-0.4, -0.2) is 68.0 Å². The second kappa shape index (κ2) is 10.2. The van der Waals surface area contributed by atoms with Crippen LogP contribution < -0.4 is 4.74 Å². The molecule has 1 aromatic rings. The van der Waals surface area contributed by atoms with E-state index in [4.69, 9.17) is 18.9 Å². The molecule has 1 unspecified atom stereocenters. The molecule has 0 amide bonds. The predicted molar refractivity (Wildman–Crippen MR) is 113 cm³/mol. The van der Waals surface area contributed by atoms with Crippen LogP contribution in [0.15, 0.2) is 11.6 Å². The van der Waals surface area contributed by atoms with E-state index in [0.717, 1.165) is 11.1 Å². The van der Waals surface area contributed by atoms with E-state index in [-0.39, 0.29) is 29.9 Å². The number of benzene rings is 1. The second-order valence-corrected chi connectivity index (χ2v) is 7.79. The molecule has 1 aromatic carbocycles. The third-order valence-corrected chi connectivity index (χ3v) is 5.86. The van der Waals surface area contributed by atoms with Crippen LogP contribution in [0.25, 0.3) is 0 Å². The molecule has 2 aliphatic heterocycles. The molecule has 8 heteroatoms. The van der Waals surface area contributed by atoms with Gasteiger partial charge in [-0.3, -0.25) is 9.69 Å². The zero-order valence-corrected chi connectivity index (χ0v) is 18.7. The number of morpholine rings is 1. The number of rotatable bonds is 8. The molecule has 0 radical (unpaired) electrons. The van der Waals surface area contributed by atoms with E-state index in [1.165, 1.54) is 0 Å². The summed E-state index contributed by atoms with van der Waals surface area (Å²) < 4.78 is 21.3. The van der Waals surface area contributed by atoms with E-state index >= 15 is 0 Å². The number of allylic oxidation sites excluding steroid dienone is 1. The predicted octanol–water partition coefficient (Wildman–Crippen LogP) is 2.52. The molecule has 1 saturated heterocycles. The minimum atomic E-state index is -0.519. The number of methoxy groups -OCH3 is 1. The quantitative estimate of drug-likeness (QED) is 0.494. The molecule has 1 atom stereocenters. The van der Waals surface area contributed by atoms with Crippen LogP contribution in [0.2, 0.25) is 0 Å². The second-order valence-electron chi connectivity index (χ2n) is 7.79. The summed E-state index contributed by atoms with van der Waals surface area (Å²) in [4.78, 5) is 26.7. The molecule has 2 aliphatic rings. The molecular weight excluding hydrogens is 402 g/mol. The first-order valence-corrected chi connectivity index (χ1v) is 10.6. The molecule has 0 spiro atoms. The Morgan fingerprint density at radius 2 is 2.03 bits per heavy atom. The standard InChI is InChI=1S/C23H31NO7/c1-5-30-22(26)18(24-8-10-29-11-9-24)12-14(2)6-7-16-20(25)19-17(13-31-23(19)27)15(3)21(16)28-4/h6,18,25H,5,7-13H2,1-4H3/b14-6+. The number of carbonyl (C=O) groups is 2. The van der Waals surface area contributed by atoms with Crippen LogP contribution in [-0.2, 0) is 32.0 Å². The molecule has 3 rings (SSSR count). The molecule has 1 N–H and O–H groups in total. The maximum Gasteiger partial charge on any atom is 0.342 e. The van der Waals surface area contributed by atoms with Gasteiger partial charge in [0.1, 0.15) is 29.7 Å². The number of hydrogen-bond donors (Lipinski definition) is 1. The number of nitrogens with zero attached hydrogens (tertiary/aromatic N) is 1. The van der Waals surface area contributed by atoms with Crippen molar-refractivity contribution in [2.45, 2.75) is 46.3 Å². The number of aromatic hydroxyl groups is 1. The summed E-state index contributed by atoms with van der Waals surface area (Å²) in [6.45, 7) is 8.61. The number of carbonyl (C=O) groups excluding carboxylic acids is 2. The number of ether oxygens (including phenoxy) is 4. The van der Waals surface area contributed by atoms with Crippen molar-refractivity contribution >= 4 is 11.9 Å². The van der Waals surface area contributed by atoms with Crippen molar-refractivity contribution < 1.29 is 33.6 Å². The third kappa shape index (κ3) is 4.85. The zero-order chi connectivity index (χ0) is 22.5. The molecular formula is C23H31NO7. The molecule has 0 aromatic heterocycles. The van der Waals surface area contributed by atoms with Crippen LogP contribution in [0, 0.1) is 6.92 Å². The lowest BCUT2D eigenvalue weighted by Gasteiger charge is -2.33. The monoisotopic (exact) mass is 433 g/mol. The lowest BCUT2D eigenvalue weighted by Crippen LogP contribution is -2.48. The topological polar surface area (TPSA) is 94.5 Å². The van der Waals surface area contributed by atoms with Gasteiger partial charge < -0.3 is 24.1 Å². The van der Waals surface area contributed by atoms with E-state index in [2.05, 4.69) is 4.90 Å². The normalized spacial score (nSPS) is 17.8. The fourth-order valence-electron chi connectivity index (χ4n) is 4.18. The summed E-state index contributed by atoms with van der Waals surface area (Å²) in [5.41, 5.74) is 3.19. The van der Waals surface area contributed by atoms with Crippen molar-refractivity contribution in [1.82, 2.24) is 4.90 Å². The van der Waals surface area contributed by atoms with Gasteiger partial charge in [0.05, 0.1) is 26.9 Å². The van der Waals surface area contributed by atoms with E-state index < -0.39 is 5.97 Å². The van der Waals surface area contributed by atoms with Crippen molar-refractivity contribution in [2.24, 2.45) is 0 Å². The zero-order valence-electron chi connectivity index (χ0n) is 18.7.